The van der Waals surface area contributed by atoms with Crippen LogP contribution in [-0.4, -0.2) is 41.9 Å². The summed E-state index contributed by atoms with van der Waals surface area (Å²) in [6, 6.07) is 11.8. The zero-order chi connectivity index (χ0) is 22.5. The van der Waals surface area contributed by atoms with E-state index in [-0.39, 0.29) is 18.9 Å². The molecule has 31 heavy (non-hydrogen) atoms. The number of anilines is 1. The van der Waals surface area contributed by atoms with E-state index in [0.717, 1.165) is 16.7 Å². The molecular weight excluding hydrogens is 398 g/mol. The van der Waals surface area contributed by atoms with Crippen LogP contribution in [0.1, 0.15) is 33.5 Å². The molecule has 0 atom stereocenters. The molecule has 160 valence electrons. The van der Waals surface area contributed by atoms with E-state index < -0.39 is 24.5 Å². The first-order chi connectivity index (χ1) is 14.8. The molecule has 2 N–H and O–H groups in total. The SMILES string of the molecule is C=C1c2ccccc2C(=O)N1CCC(=O)OCC(=O)NC(=O)Nc1cccc(C)c1C. The van der Waals surface area contributed by atoms with Crippen LogP contribution in [0, 0.1) is 13.8 Å². The summed E-state index contributed by atoms with van der Waals surface area (Å²) in [5.74, 6) is -1.65. The standard InChI is InChI=1S/C23H23N3O5/c1-14-7-6-10-19(15(14)2)24-23(30)25-20(27)13-31-21(28)11-12-26-16(3)17-8-4-5-9-18(17)22(26)29/h4-10H,3,11-13H2,1-2H3,(H2,24,25,27,30). The lowest BCUT2D eigenvalue weighted by Crippen LogP contribution is -2.37. The minimum atomic E-state index is -0.759. The number of esters is 1. The third-order valence-electron chi connectivity index (χ3n) is 5.05. The Morgan fingerprint density at radius 3 is 2.45 bits per heavy atom. The first-order valence-electron chi connectivity index (χ1n) is 9.70. The normalized spacial score (nSPS) is 12.4. The molecule has 0 saturated heterocycles. The van der Waals surface area contributed by atoms with Crippen molar-refractivity contribution in [3.8, 4) is 0 Å². The summed E-state index contributed by atoms with van der Waals surface area (Å²) in [5, 5.41) is 4.69. The predicted octanol–water partition coefficient (Wildman–Crippen LogP) is 3.01. The molecule has 3 rings (SSSR count). The minimum absolute atomic E-state index is 0.0833. The lowest BCUT2D eigenvalue weighted by Gasteiger charge is -2.16. The van der Waals surface area contributed by atoms with Crippen LogP contribution in [0.3, 0.4) is 0 Å². The first-order valence-corrected chi connectivity index (χ1v) is 9.70. The molecule has 0 radical (unpaired) electrons. The van der Waals surface area contributed by atoms with Crippen molar-refractivity contribution < 1.29 is 23.9 Å². The van der Waals surface area contributed by atoms with Gasteiger partial charge in [0.2, 0.25) is 0 Å². The van der Waals surface area contributed by atoms with Crippen LogP contribution in [0.15, 0.2) is 49.0 Å². The Bertz CT molecular complexity index is 1040. The van der Waals surface area contributed by atoms with E-state index in [9.17, 15) is 19.2 Å². The highest BCUT2D eigenvalue weighted by atomic mass is 16.5. The number of nitrogens with one attached hydrogen (secondary N) is 2. The van der Waals surface area contributed by atoms with Gasteiger partial charge in [0, 0.05) is 29.1 Å². The van der Waals surface area contributed by atoms with Gasteiger partial charge in [-0.05, 0) is 37.1 Å². The quantitative estimate of drug-likeness (QED) is 0.698. The molecule has 1 aliphatic heterocycles. The first kappa shape index (κ1) is 21.8. The third kappa shape index (κ3) is 4.98. The smallest absolute Gasteiger partial charge is 0.325 e. The number of hydrogen-bond donors (Lipinski definition) is 2. The Morgan fingerprint density at radius 1 is 1.03 bits per heavy atom. The van der Waals surface area contributed by atoms with Gasteiger partial charge in [0.25, 0.3) is 11.8 Å². The lowest BCUT2D eigenvalue weighted by atomic mass is 10.1. The van der Waals surface area contributed by atoms with Gasteiger partial charge in [-0.1, -0.05) is 36.9 Å². The van der Waals surface area contributed by atoms with Crippen molar-refractivity contribution in [1.82, 2.24) is 10.2 Å². The Hall–Kier alpha value is -3.94. The summed E-state index contributed by atoms with van der Waals surface area (Å²) in [5.41, 5.74) is 4.26. The minimum Gasteiger partial charge on any atom is -0.456 e. The van der Waals surface area contributed by atoms with Crippen molar-refractivity contribution in [3.63, 3.8) is 0 Å². The maximum Gasteiger partial charge on any atom is 0.325 e. The third-order valence-corrected chi connectivity index (χ3v) is 5.05. The molecule has 0 saturated carbocycles. The maximum absolute atomic E-state index is 12.4. The molecule has 0 fully saturated rings. The summed E-state index contributed by atoms with van der Waals surface area (Å²) < 4.78 is 4.91. The molecule has 1 aliphatic rings. The zero-order valence-corrected chi connectivity index (χ0v) is 17.4. The van der Waals surface area contributed by atoms with E-state index in [4.69, 9.17) is 4.74 Å². The number of nitrogens with zero attached hydrogens (tertiary/aromatic N) is 1. The summed E-state index contributed by atoms with van der Waals surface area (Å²) in [6.07, 6.45) is -0.110. The summed E-state index contributed by atoms with van der Waals surface area (Å²) in [7, 11) is 0. The molecule has 1 heterocycles. The van der Waals surface area contributed by atoms with Gasteiger partial charge in [-0.2, -0.15) is 0 Å². The Kier molecular flexibility index (Phi) is 6.49. The van der Waals surface area contributed by atoms with Gasteiger partial charge < -0.3 is 15.0 Å². The van der Waals surface area contributed by atoms with E-state index in [1.54, 1.807) is 30.3 Å². The van der Waals surface area contributed by atoms with Crippen molar-refractivity contribution in [1.29, 1.82) is 0 Å². The fourth-order valence-electron chi connectivity index (χ4n) is 3.20. The van der Waals surface area contributed by atoms with Gasteiger partial charge in [0.05, 0.1) is 6.42 Å². The summed E-state index contributed by atoms with van der Waals surface area (Å²) in [4.78, 5) is 49.7. The Morgan fingerprint density at radius 2 is 1.74 bits per heavy atom. The van der Waals surface area contributed by atoms with Gasteiger partial charge >= 0.3 is 12.0 Å². The molecule has 0 spiro atoms. The zero-order valence-electron chi connectivity index (χ0n) is 17.4. The van der Waals surface area contributed by atoms with Crippen molar-refractivity contribution >= 4 is 35.2 Å². The number of imide groups is 1. The monoisotopic (exact) mass is 421 g/mol. The number of carbonyl (C=O) groups is 4. The number of hydrogen-bond acceptors (Lipinski definition) is 5. The molecule has 2 aromatic carbocycles. The van der Waals surface area contributed by atoms with Crippen molar-refractivity contribution in [2.45, 2.75) is 20.3 Å². The highest BCUT2D eigenvalue weighted by Crippen LogP contribution is 2.31. The molecule has 0 unspecified atom stereocenters. The van der Waals surface area contributed by atoms with Gasteiger partial charge in [-0.25, -0.2) is 4.79 Å². The van der Waals surface area contributed by atoms with E-state index in [1.165, 1.54) is 4.90 Å². The van der Waals surface area contributed by atoms with Crippen molar-refractivity contribution in [2.75, 3.05) is 18.5 Å². The number of amides is 4. The highest BCUT2D eigenvalue weighted by Gasteiger charge is 2.30. The summed E-state index contributed by atoms with van der Waals surface area (Å²) in [6.45, 7) is 7.15. The molecule has 2 aromatic rings. The number of aryl methyl sites for hydroxylation is 1. The number of rotatable bonds is 6. The van der Waals surface area contributed by atoms with Crippen molar-refractivity contribution in [3.05, 3.63) is 71.3 Å². The van der Waals surface area contributed by atoms with Gasteiger partial charge in [-0.3, -0.25) is 19.7 Å². The average Bonchev–Trinajstić information content (AvgIpc) is 2.98. The number of benzene rings is 2. The van der Waals surface area contributed by atoms with Crippen LogP contribution in [0.2, 0.25) is 0 Å². The highest BCUT2D eigenvalue weighted by molar-refractivity contribution is 6.09. The van der Waals surface area contributed by atoms with Gasteiger partial charge in [-0.15, -0.1) is 0 Å². The van der Waals surface area contributed by atoms with Crippen molar-refractivity contribution in [2.24, 2.45) is 0 Å². The average molecular weight is 421 g/mol. The topological polar surface area (TPSA) is 105 Å². The molecular formula is C23H23N3O5. The molecule has 0 aromatic heterocycles. The molecule has 8 nitrogen and oxygen atoms in total. The maximum atomic E-state index is 12.4. The summed E-state index contributed by atoms with van der Waals surface area (Å²) >= 11 is 0. The fourth-order valence-corrected chi connectivity index (χ4v) is 3.20. The molecule has 0 bridgehead atoms. The fraction of sp³-hybridized carbons (Fsp3) is 0.217. The van der Waals surface area contributed by atoms with E-state index in [0.29, 0.717) is 16.9 Å². The van der Waals surface area contributed by atoms with Crippen LogP contribution >= 0.6 is 0 Å². The van der Waals surface area contributed by atoms with Gasteiger partial charge in [0.15, 0.2) is 6.61 Å². The molecule has 8 heteroatoms. The number of urea groups is 1. The van der Waals surface area contributed by atoms with Crippen LogP contribution < -0.4 is 10.6 Å². The van der Waals surface area contributed by atoms with Crippen LogP contribution in [0.5, 0.6) is 0 Å². The lowest BCUT2D eigenvalue weighted by molar-refractivity contribution is -0.148. The Balaban J connectivity index is 1.42. The number of ether oxygens (including phenoxy) is 1. The van der Waals surface area contributed by atoms with Gasteiger partial charge in [0.1, 0.15) is 0 Å². The van der Waals surface area contributed by atoms with E-state index >= 15 is 0 Å². The Labute approximate surface area is 179 Å². The second-order valence-corrected chi connectivity index (χ2v) is 7.11. The van der Waals surface area contributed by atoms with Crippen LogP contribution in [0.25, 0.3) is 5.70 Å². The second kappa shape index (κ2) is 9.25. The predicted molar refractivity (Wildman–Crippen MR) is 115 cm³/mol. The number of fused-ring (bicyclic) bond motifs is 1. The largest absolute Gasteiger partial charge is 0.456 e. The van der Waals surface area contributed by atoms with Crippen LogP contribution in [0.4, 0.5) is 10.5 Å². The van der Waals surface area contributed by atoms with E-state index in [1.807, 2.05) is 26.0 Å². The molecule has 4 amide bonds. The van der Waals surface area contributed by atoms with Crippen LogP contribution in [-0.2, 0) is 14.3 Å². The second-order valence-electron chi connectivity index (χ2n) is 7.11. The van der Waals surface area contributed by atoms with E-state index in [2.05, 4.69) is 17.2 Å². The molecule has 0 aliphatic carbocycles. The number of carbonyl (C=O) groups excluding carboxylic acids is 4.